The maximum absolute atomic E-state index is 6.50. The van der Waals surface area contributed by atoms with E-state index in [-0.39, 0.29) is 11.1 Å². The van der Waals surface area contributed by atoms with Gasteiger partial charge in [-0.2, -0.15) is 0 Å². The maximum atomic E-state index is 6.50. The SMILES string of the molecule is CCCC(C)COC1(CNC(C)(C)C)CCCCCC1. The van der Waals surface area contributed by atoms with Crippen LogP contribution in [0.1, 0.15) is 86.0 Å². The van der Waals surface area contributed by atoms with E-state index < -0.39 is 0 Å². The molecule has 1 fully saturated rings. The zero-order valence-electron chi connectivity index (χ0n) is 14.6. The Morgan fingerprint density at radius 1 is 1.10 bits per heavy atom. The van der Waals surface area contributed by atoms with E-state index in [9.17, 15) is 0 Å². The number of rotatable bonds is 7. The zero-order valence-corrected chi connectivity index (χ0v) is 14.6. The van der Waals surface area contributed by atoms with Gasteiger partial charge in [-0.3, -0.25) is 0 Å². The summed E-state index contributed by atoms with van der Waals surface area (Å²) in [7, 11) is 0. The number of ether oxygens (including phenoxy) is 1. The Morgan fingerprint density at radius 3 is 2.20 bits per heavy atom. The predicted molar refractivity (Wildman–Crippen MR) is 88.2 cm³/mol. The molecule has 0 aromatic rings. The second kappa shape index (κ2) is 8.38. The molecule has 0 aromatic carbocycles. The zero-order chi connectivity index (χ0) is 15.1. The van der Waals surface area contributed by atoms with Gasteiger partial charge in [-0.1, -0.05) is 46.0 Å². The van der Waals surface area contributed by atoms with Gasteiger partial charge in [-0.15, -0.1) is 0 Å². The van der Waals surface area contributed by atoms with Crippen molar-refractivity contribution in [1.29, 1.82) is 0 Å². The molecule has 1 aliphatic carbocycles. The lowest BCUT2D eigenvalue weighted by atomic mass is 9.92. The van der Waals surface area contributed by atoms with Crippen LogP contribution in [-0.2, 0) is 4.74 Å². The molecule has 1 rings (SSSR count). The van der Waals surface area contributed by atoms with Crippen LogP contribution in [0.25, 0.3) is 0 Å². The molecule has 2 nitrogen and oxygen atoms in total. The van der Waals surface area contributed by atoms with Gasteiger partial charge in [-0.25, -0.2) is 0 Å². The fourth-order valence-corrected chi connectivity index (χ4v) is 3.07. The summed E-state index contributed by atoms with van der Waals surface area (Å²) in [5.74, 6) is 0.690. The van der Waals surface area contributed by atoms with Gasteiger partial charge in [-0.05, 0) is 46.0 Å². The van der Waals surface area contributed by atoms with E-state index in [4.69, 9.17) is 4.74 Å². The van der Waals surface area contributed by atoms with Crippen molar-refractivity contribution >= 4 is 0 Å². The van der Waals surface area contributed by atoms with Crippen LogP contribution in [0.15, 0.2) is 0 Å². The van der Waals surface area contributed by atoms with Crippen molar-refractivity contribution in [3.63, 3.8) is 0 Å². The molecule has 0 spiro atoms. The molecule has 0 amide bonds. The van der Waals surface area contributed by atoms with Crippen LogP contribution in [0, 0.1) is 5.92 Å². The lowest BCUT2D eigenvalue weighted by Crippen LogP contribution is -2.49. The highest BCUT2D eigenvalue weighted by atomic mass is 16.5. The molecule has 1 N–H and O–H groups in total. The van der Waals surface area contributed by atoms with E-state index >= 15 is 0 Å². The van der Waals surface area contributed by atoms with E-state index in [0.717, 1.165) is 13.2 Å². The van der Waals surface area contributed by atoms with E-state index in [0.29, 0.717) is 5.92 Å². The predicted octanol–water partition coefficient (Wildman–Crippen LogP) is 4.92. The first-order valence-electron chi connectivity index (χ1n) is 8.76. The fraction of sp³-hybridized carbons (Fsp3) is 1.00. The van der Waals surface area contributed by atoms with Gasteiger partial charge in [0.05, 0.1) is 5.60 Å². The van der Waals surface area contributed by atoms with Crippen molar-refractivity contribution in [3.8, 4) is 0 Å². The first-order chi connectivity index (χ1) is 9.37. The lowest BCUT2D eigenvalue weighted by molar-refractivity contribution is -0.0710. The van der Waals surface area contributed by atoms with Crippen LogP contribution < -0.4 is 5.32 Å². The fourth-order valence-electron chi connectivity index (χ4n) is 3.07. The Labute approximate surface area is 127 Å². The van der Waals surface area contributed by atoms with Gasteiger partial charge < -0.3 is 10.1 Å². The Balaban J connectivity index is 2.57. The molecule has 0 aliphatic heterocycles. The third-order valence-corrected chi connectivity index (χ3v) is 4.41. The van der Waals surface area contributed by atoms with Gasteiger partial charge >= 0.3 is 0 Å². The molecule has 1 saturated carbocycles. The Kier molecular flexibility index (Phi) is 7.53. The van der Waals surface area contributed by atoms with Crippen molar-refractivity contribution in [3.05, 3.63) is 0 Å². The number of hydrogen-bond acceptors (Lipinski definition) is 2. The summed E-state index contributed by atoms with van der Waals surface area (Å²) in [5, 5.41) is 3.69. The number of nitrogens with one attached hydrogen (secondary N) is 1. The van der Waals surface area contributed by atoms with Crippen LogP contribution in [0.4, 0.5) is 0 Å². The molecular formula is C18H37NO. The van der Waals surface area contributed by atoms with Gasteiger partial charge in [0, 0.05) is 18.7 Å². The van der Waals surface area contributed by atoms with Crippen LogP contribution >= 0.6 is 0 Å². The molecule has 0 bridgehead atoms. The molecule has 1 atom stereocenters. The molecule has 120 valence electrons. The summed E-state index contributed by atoms with van der Waals surface area (Å²) >= 11 is 0. The normalized spacial score (nSPS) is 21.4. The highest BCUT2D eigenvalue weighted by molar-refractivity contribution is 4.88. The minimum Gasteiger partial charge on any atom is -0.373 e. The standard InChI is InChI=1S/C18H37NO/c1-6-11-16(2)14-20-18(15-19-17(3,4)5)12-9-7-8-10-13-18/h16,19H,6-15H2,1-5H3. The Morgan fingerprint density at radius 2 is 1.70 bits per heavy atom. The van der Waals surface area contributed by atoms with Gasteiger partial charge in [0.1, 0.15) is 0 Å². The summed E-state index contributed by atoms with van der Waals surface area (Å²) in [6.45, 7) is 13.3. The van der Waals surface area contributed by atoms with Crippen molar-refractivity contribution < 1.29 is 4.74 Å². The van der Waals surface area contributed by atoms with E-state index in [1.807, 2.05) is 0 Å². The largest absolute Gasteiger partial charge is 0.373 e. The quantitative estimate of drug-likeness (QED) is 0.670. The molecule has 20 heavy (non-hydrogen) atoms. The average molecular weight is 284 g/mol. The topological polar surface area (TPSA) is 21.3 Å². The highest BCUT2D eigenvalue weighted by Crippen LogP contribution is 2.31. The minimum absolute atomic E-state index is 0.0891. The van der Waals surface area contributed by atoms with Crippen LogP contribution in [0.3, 0.4) is 0 Å². The summed E-state index contributed by atoms with van der Waals surface area (Å²) < 4.78 is 6.50. The monoisotopic (exact) mass is 283 g/mol. The molecule has 0 aromatic heterocycles. The highest BCUT2D eigenvalue weighted by Gasteiger charge is 2.33. The molecule has 1 aliphatic rings. The first-order valence-corrected chi connectivity index (χ1v) is 8.76. The van der Waals surface area contributed by atoms with Gasteiger partial charge in [0.2, 0.25) is 0 Å². The summed E-state index contributed by atoms with van der Waals surface area (Å²) in [6.07, 6.45) is 10.4. The second-order valence-corrected chi connectivity index (χ2v) is 7.91. The third-order valence-electron chi connectivity index (χ3n) is 4.41. The molecule has 1 unspecified atom stereocenters. The van der Waals surface area contributed by atoms with Crippen LogP contribution in [0.5, 0.6) is 0 Å². The van der Waals surface area contributed by atoms with Gasteiger partial charge in [0.15, 0.2) is 0 Å². The minimum atomic E-state index is 0.0891. The smallest absolute Gasteiger partial charge is 0.0806 e. The Hall–Kier alpha value is -0.0800. The van der Waals surface area contributed by atoms with Crippen molar-refractivity contribution in [2.75, 3.05) is 13.2 Å². The molecular weight excluding hydrogens is 246 g/mol. The van der Waals surface area contributed by atoms with E-state index in [1.165, 1.54) is 51.4 Å². The number of hydrogen-bond donors (Lipinski definition) is 1. The van der Waals surface area contributed by atoms with E-state index in [1.54, 1.807) is 0 Å². The van der Waals surface area contributed by atoms with Crippen molar-refractivity contribution in [2.24, 2.45) is 5.92 Å². The molecule has 0 saturated heterocycles. The average Bonchev–Trinajstić information content (AvgIpc) is 2.60. The van der Waals surface area contributed by atoms with Gasteiger partial charge in [0.25, 0.3) is 0 Å². The molecule has 0 radical (unpaired) electrons. The Bertz CT molecular complexity index is 249. The first kappa shape index (κ1) is 18.0. The summed E-state index contributed by atoms with van der Waals surface area (Å²) in [6, 6.07) is 0. The second-order valence-electron chi connectivity index (χ2n) is 7.91. The summed E-state index contributed by atoms with van der Waals surface area (Å²) in [5.41, 5.74) is 0.267. The van der Waals surface area contributed by atoms with Crippen molar-refractivity contribution in [1.82, 2.24) is 5.32 Å². The van der Waals surface area contributed by atoms with Crippen molar-refractivity contribution in [2.45, 2.75) is 97.1 Å². The molecule has 2 heteroatoms. The lowest BCUT2D eigenvalue weighted by Gasteiger charge is -2.37. The summed E-state index contributed by atoms with van der Waals surface area (Å²) in [4.78, 5) is 0. The maximum Gasteiger partial charge on any atom is 0.0806 e. The molecule has 0 heterocycles. The van der Waals surface area contributed by atoms with Crippen LogP contribution in [0.2, 0.25) is 0 Å². The third kappa shape index (κ3) is 7.08. The van der Waals surface area contributed by atoms with E-state index in [2.05, 4.69) is 39.9 Å². The van der Waals surface area contributed by atoms with Crippen LogP contribution in [-0.4, -0.2) is 24.3 Å².